The summed E-state index contributed by atoms with van der Waals surface area (Å²) in [6.45, 7) is 1.10. The van der Waals surface area contributed by atoms with E-state index in [0.717, 1.165) is 28.0 Å². The Balaban J connectivity index is 1.44. The van der Waals surface area contributed by atoms with Gasteiger partial charge in [0, 0.05) is 25.6 Å². The number of anilines is 1. The number of hydrogen-bond donors (Lipinski definition) is 2. The summed E-state index contributed by atoms with van der Waals surface area (Å²) in [7, 11) is 0. The number of alkyl halides is 3. The van der Waals surface area contributed by atoms with E-state index >= 15 is 0 Å². The van der Waals surface area contributed by atoms with Crippen molar-refractivity contribution in [2.75, 3.05) is 18.5 Å². The summed E-state index contributed by atoms with van der Waals surface area (Å²) in [6, 6.07) is 15.1. The fourth-order valence-corrected chi connectivity index (χ4v) is 4.50. The lowest BCUT2D eigenvalue weighted by atomic mass is 9.94. The molecule has 1 atom stereocenters. The Morgan fingerprint density at radius 1 is 1.13 bits per heavy atom. The van der Waals surface area contributed by atoms with Gasteiger partial charge in [-0.3, -0.25) is 14.9 Å². The number of carbonyl (C=O) groups excluding carboxylic acids is 1. The minimum Gasteiger partial charge on any atom is -0.711 e. The molecule has 1 aliphatic rings. The predicted molar refractivity (Wildman–Crippen MR) is 136 cm³/mol. The fraction of sp³-hybridized carbons (Fsp3) is 0.321. The molecule has 1 amide bonds. The Bertz CT molecular complexity index is 1310. The number of amides is 1. The third-order valence-electron chi connectivity index (χ3n) is 6.46. The highest BCUT2D eigenvalue weighted by molar-refractivity contribution is 5.84. The van der Waals surface area contributed by atoms with Crippen molar-refractivity contribution in [1.29, 1.82) is 0 Å². The second-order valence-electron chi connectivity index (χ2n) is 9.36. The molecular formula is C28H28F3N3O5. The maximum absolute atomic E-state index is 13.3. The van der Waals surface area contributed by atoms with E-state index in [1.165, 1.54) is 23.2 Å². The molecule has 1 unspecified atom stereocenters. The van der Waals surface area contributed by atoms with E-state index in [1.807, 2.05) is 12.1 Å². The molecule has 4 rings (SSSR count). The van der Waals surface area contributed by atoms with Crippen molar-refractivity contribution in [3.8, 4) is 5.75 Å². The summed E-state index contributed by atoms with van der Waals surface area (Å²) in [5, 5.41) is 24.1. The molecule has 1 aromatic heterocycles. The van der Waals surface area contributed by atoms with Crippen molar-refractivity contribution in [3.05, 3.63) is 94.3 Å². The number of fused-ring (bicyclic) bond motifs is 1. The quantitative estimate of drug-likeness (QED) is 0.223. The molecule has 206 valence electrons. The number of carboxylic acid groups (broad SMARTS) is 1. The lowest BCUT2D eigenvalue weighted by Crippen LogP contribution is -2.35. The third-order valence-corrected chi connectivity index (χ3v) is 6.46. The number of halogens is 3. The van der Waals surface area contributed by atoms with Crippen molar-refractivity contribution in [2.24, 2.45) is 5.92 Å². The molecule has 0 saturated heterocycles. The van der Waals surface area contributed by atoms with Crippen LogP contribution >= 0.6 is 0 Å². The summed E-state index contributed by atoms with van der Waals surface area (Å²) >= 11 is 0. The van der Waals surface area contributed by atoms with Gasteiger partial charge in [-0.15, -0.1) is 0 Å². The minimum absolute atomic E-state index is 0.0441. The number of aromatic nitrogens is 1. The van der Waals surface area contributed by atoms with Crippen LogP contribution in [0.4, 0.5) is 19.0 Å². The van der Waals surface area contributed by atoms with Crippen molar-refractivity contribution >= 4 is 17.7 Å². The fourth-order valence-electron chi connectivity index (χ4n) is 4.50. The van der Waals surface area contributed by atoms with E-state index in [0.29, 0.717) is 36.7 Å². The van der Waals surface area contributed by atoms with Gasteiger partial charge < -0.3 is 20.0 Å². The molecule has 3 aromatic rings. The van der Waals surface area contributed by atoms with Gasteiger partial charge in [0.25, 0.3) is 5.82 Å². The topological polar surface area (TPSA) is 106 Å². The van der Waals surface area contributed by atoms with Gasteiger partial charge in [0.1, 0.15) is 5.75 Å². The second kappa shape index (κ2) is 12.1. The first-order chi connectivity index (χ1) is 18.6. The van der Waals surface area contributed by atoms with E-state index in [2.05, 4.69) is 5.32 Å². The summed E-state index contributed by atoms with van der Waals surface area (Å²) in [6.07, 6.45) is -2.56. The first-order valence-corrected chi connectivity index (χ1v) is 12.4. The molecule has 0 spiro atoms. The second-order valence-corrected chi connectivity index (χ2v) is 9.36. The van der Waals surface area contributed by atoms with Crippen molar-refractivity contribution in [1.82, 2.24) is 4.90 Å². The van der Waals surface area contributed by atoms with Gasteiger partial charge in [-0.2, -0.15) is 13.2 Å². The Kier molecular flexibility index (Phi) is 8.58. The number of nitrogens with zero attached hydrogens (tertiary/aromatic N) is 2. The Labute approximate surface area is 223 Å². The first kappa shape index (κ1) is 27.7. The maximum atomic E-state index is 13.3. The number of benzene rings is 2. The Morgan fingerprint density at radius 3 is 2.59 bits per heavy atom. The van der Waals surface area contributed by atoms with Gasteiger partial charge >= 0.3 is 12.1 Å². The minimum atomic E-state index is -4.46. The number of ether oxygens (including phenoxy) is 1. The molecule has 39 heavy (non-hydrogen) atoms. The van der Waals surface area contributed by atoms with Crippen LogP contribution in [0.5, 0.6) is 5.75 Å². The van der Waals surface area contributed by atoms with E-state index in [-0.39, 0.29) is 31.8 Å². The van der Waals surface area contributed by atoms with Crippen LogP contribution < -0.4 is 14.8 Å². The van der Waals surface area contributed by atoms with Crippen LogP contribution in [-0.2, 0) is 35.3 Å². The van der Waals surface area contributed by atoms with Gasteiger partial charge in [-0.1, -0.05) is 24.3 Å². The average Bonchev–Trinajstić information content (AvgIpc) is 3.00. The molecule has 0 aliphatic carbocycles. The smallest absolute Gasteiger partial charge is 0.416 e. The Morgan fingerprint density at radius 2 is 1.90 bits per heavy atom. The van der Waals surface area contributed by atoms with Crippen molar-refractivity contribution in [2.45, 2.75) is 38.5 Å². The van der Waals surface area contributed by atoms with Crippen molar-refractivity contribution in [3.63, 3.8) is 0 Å². The number of rotatable bonds is 10. The van der Waals surface area contributed by atoms with Gasteiger partial charge in [0.05, 0.1) is 37.3 Å². The molecule has 2 aromatic carbocycles. The highest BCUT2D eigenvalue weighted by Gasteiger charge is 2.32. The van der Waals surface area contributed by atoms with E-state index in [4.69, 9.17) is 4.74 Å². The van der Waals surface area contributed by atoms with Gasteiger partial charge in [-0.25, -0.2) is 4.73 Å². The predicted octanol–water partition coefficient (Wildman–Crippen LogP) is 4.40. The standard InChI is InChI=1S/C28H28F3N3O5/c29-28(30,31)23-8-5-19(6-9-23)17-33-18-22-15-24(10-7-20(22)14-21(27(33)37)16-26(35)36)39-13-3-11-32-25-4-1-2-12-34(25)38/h1-2,4-10,12,15,21,32H,3,11,13-14,16-18H2,(H,35,36). The number of aliphatic carboxylic acids is 1. The average molecular weight is 544 g/mol. The number of carbonyl (C=O) groups is 2. The molecule has 0 saturated carbocycles. The SMILES string of the molecule is O=C(O)CC1Cc2ccc(OCCCNc3cccc[n+]3[O-])cc2CN(Cc2ccc(C(F)(F)F)cc2)C1=O. The normalized spacial score (nSPS) is 15.4. The summed E-state index contributed by atoms with van der Waals surface area (Å²) < 4.78 is 45.4. The molecule has 0 bridgehead atoms. The molecule has 0 fully saturated rings. The highest BCUT2D eigenvalue weighted by Crippen LogP contribution is 2.31. The van der Waals surface area contributed by atoms with E-state index in [1.54, 1.807) is 24.3 Å². The summed E-state index contributed by atoms with van der Waals surface area (Å²) in [5.74, 6) is -1.24. The lowest BCUT2D eigenvalue weighted by Gasteiger charge is -2.24. The monoisotopic (exact) mass is 543 g/mol. The summed E-state index contributed by atoms with van der Waals surface area (Å²) in [4.78, 5) is 26.2. The summed E-state index contributed by atoms with van der Waals surface area (Å²) in [5.41, 5.74) is 1.33. The first-order valence-electron chi connectivity index (χ1n) is 12.4. The molecule has 1 aliphatic heterocycles. The molecule has 8 nitrogen and oxygen atoms in total. The number of hydrogen-bond acceptors (Lipinski definition) is 5. The van der Waals surface area contributed by atoms with Crippen LogP contribution in [0.25, 0.3) is 0 Å². The van der Waals surface area contributed by atoms with E-state index in [9.17, 15) is 33.1 Å². The van der Waals surface area contributed by atoms with E-state index < -0.39 is 23.6 Å². The van der Waals surface area contributed by atoms with Gasteiger partial charge in [-0.05, 0) is 53.4 Å². The van der Waals surface area contributed by atoms with Crippen LogP contribution in [0.2, 0.25) is 0 Å². The molecule has 11 heteroatoms. The zero-order chi connectivity index (χ0) is 28.0. The molecule has 0 radical (unpaired) electrons. The van der Waals surface area contributed by atoms with Gasteiger partial charge in [0.2, 0.25) is 5.91 Å². The molecule has 2 N–H and O–H groups in total. The van der Waals surface area contributed by atoms with Crippen LogP contribution in [-0.4, -0.2) is 35.0 Å². The largest absolute Gasteiger partial charge is 0.711 e. The number of nitrogens with one attached hydrogen (secondary N) is 1. The number of pyridine rings is 1. The lowest BCUT2D eigenvalue weighted by molar-refractivity contribution is -0.590. The highest BCUT2D eigenvalue weighted by atomic mass is 19.4. The number of carboxylic acids is 1. The van der Waals surface area contributed by atoms with Crippen LogP contribution in [0, 0.1) is 11.1 Å². The van der Waals surface area contributed by atoms with Crippen LogP contribution in [0.15, 0.2) is 66.9 Å². The van der Waals surface area contributed by atoms with Gasteiger partial charge in [0.15, 0.2) is 0 Å². The van der Waals surface area contributed by atoms with Crippen LogP contribution in [0.1, 0.15) is 35.1 Å². The third kappa shape index (κ3) is 7.40. The Hall–Kier alpha value is -4.28. The van der Waals surface area contributed by atoms with Crippen LogP contribution in [0.3, 0.4) is 0 Å². The van der Waals surface area contributed by atoms with Crippen molar-refractivity contribution < 1.29 is 37.3 Å². The zero-order valence-corrected chi connectivity index (χ0v) is 21.0. The maximum Gasteiger partial charge on any atom is 0.416 e. The molecular weight excluding hydrogens is 515 g/mol. The zero-order valence-electron chi connectivity index (χ0n) is 21.0. The molecule has 2 heterocycles.